The fourth-order valence-corrected chi connectivity index (χ4v) is 2.42. The second-order valence-corrected chi connectivity index (χ2v) is 6.25. The summed E-state index contributed by atoms with van der Waals surface area (Å²) in [6, 6.07) is 15.7. The Morgan fingerprint density at radius 1 is 1.04 bits per heavy atom. The summed E-state index contributed by atoms with van der Waals surface area (Å²) in [4.78, 5) is 11.6. The van der Waals surface area contributed by atoms with E-state index < -0.39 is 0 Å². The predicted octanol–water partition coefficient (Wildman–Crippen LogP) is 4.19. The van der Waals surface area contributed by atoms with Crippen LogP contribution in [0.1, 0.15) is 17.5 Å². The molecule has 0 fully saturated rings. The van der Waals surface area contributed by atoms with E-state index in [2.05, 4.69) is 22.6 Å². The number of methoxy groups -OCH3 is 1. The van der Waals surface area contributed by atoms with Crippen molar-refractivity contribution in [1.29, 1.82) is 0 Å². The SMILES string of the molecule is COc1ccc(CCC(=O)OCCI)cc1OCc1ccccc1. The lowest BCUT2D eigenvalue weighted by atomic mass is 10.1. The van der Waals surface area contributed by atoms with Gasteiger partial charge in [0.1, 0.15) is 13.2 Å². The van der Waals surface area contributed by atoms with Gasteiger partial charge in [0.25, 0.3) is 0 Å². The maximum Gasteiger partial charge on any atom is 0.306 e. The molecule has 0 atom stereocenters. The Morgan fingerprint density at radius 3 is 2.54 bits per heavy atom. The lowest BCUT2D eigenvalue weighted by Crippen LogP contribution is -2.07. The van der Waals surface area contributed by atoms with Gasteiger partial charge in [-0.3, -0.25) is 4.79 Å². The lowest BCUT2D eigenvalue weighted by molar-refractivity contribution is -0.142. The van der Waals surface area contributed by atoms with Gasteiger partial charge in [-0.05, 0) is 29.7 Å². The van der Waals surface area contributed by atoms with Gasteiger partial charge in [-0.1, -0.05) is 59.0 Å². The van der Waals surface area contributed by atoms with Gasteiger partial charge >= 0.3 is 5.97 Å². The van der Waals surface area contributed by atoms with Crippen molar-refractivity contribution in [2.75, 3.05) is 18.1 Å². The van der Waals surface area contributed by atoms with Crippen LogP contribution >= 0.6 is 22.6 Å². The fraction of sp³-hybridized carbons (Fsp3) is 0.316. The maximum atomic E-state index is 11.6. The number of hydrogen-bond acceptors (Lipinski definition) is 4. The topological polar surface area (TPSA) is 44.8 Å². The van der Waals surface area contributed by atoms with E-state index in [9.17, 15) is 4.79 Å². The Hall–Kier alpha value is -1.76. The number of halogens is 1. The van der Waals surface area contributed by atoms with E-state index in [0.29, 0.717) is 37.6 Å². The van der Waals surface area contributed by atoms with Crippen molar-refractivity contribution < 1.29 is 19.0 Å². The Bertz CT molecular complexity index is 643. The molecular weight excluding hydrogens is 419 g/mol. The Morgan fingerprint density at radius 2 is 1.83 bits per heavy atom. The van der Waals surface area contributed by atoms with Crippen LogP contribution in [-0.4, -0.2) is 24.1 Å². The van der Waals surface area contributed by atoms with Gasteiger partial charge in [-0.15, -0.1) is 0 Å². The summed E-state index contributed by atoms with van der Waals surface area (Å²) in [5.74, 6) is 1.19. The van der Waals surface area contributed by atoms with Gasteiger partial charge in [0.05, 0.1) is 7.11 Å². The first-order valence-corrected chi connectivity index (χ1v) is 9.30. The Labute approximate surface area is 156 Å². The number of rotatable bonds is 9. The number of carbonyl (C=O) groups is 1. The van der Waals surface area contributed by atoms with E-state index in [1.165, 1.54) is 0 Å². The van der Waals surface area contributed by atoms with E-state index in [4.69, 9.17) is 14.2 Å². The van der Waals surface area contributed by atoms with Crippen LogP contribution in [0, 0.1) is 0 Å². The van der Waals surface area contributed by atoms with Crippen LogP contribution in [-0.2, 0) is 22.6 Å². The van der Waals surface area contributed by atoms with Crippen molar-refractivity contribution >= 4 is 28.6 Å². The van der Waals surface area contributed by atoms with E-state index in [1.807, 2.05) is 48.5 Å². The zero-order chi connectivity index (χ0) is 17.2. The number of alkyl halides is 1. The molecule has 0 radical (unpaired) electrons. The molecule has 4 nitrogen and oxygen atoms in total. The molecule has 128 valence electrons. The van der Waals surface area contributed by atoms with Crippen molar-refractivity contribution in [2.24, 2.45) is 0 Å². The van der Waals surface area contributed by atoms with Gasteiger partial charge in [-0.2, -0.15) is 0 Å². The summed E-state index contributed by atoms with van der Waals surface area (Å²) in [7, 11) is 1.62. The quantitative estimate of drug-likeness (QED) is 0.334. The highest BCUT2D eigenvalue weighted by Crippen LogP contribution is 2.29. The summed E-state index contributed by atoms with van der Waals surface area (Å²) in [6.07, 6.45) is 0.979. The first kappa shape index (κ1) is 18.6. The normalized spacial score (nSPS) is 10.2. The Balaban J connectivity index is 1.97. The van der Waals surface area contributed by atoms with Gasteiger partial charge in [0, 0.05) is 10.8 Å². The van der Waals surface area contributed by atoms with Crippen LogP contribution in [0.4, 0.5) is 0 Å². The highest BCUT2D eigenvalue weighted by Gasteiger charge is 2.09. The molecule has 0 N–H and O–H groups in total. The first-order chi connectivity index (χ1) is 11.7. The minimum absolute atomic E-state index is 0.172. The molecule has 24 heavy (non-hydrogen) atoms. The summed E-state index contributed by atoms with van der Waals surface area (Å²) in [5, 5.41) is 0. The summed E-state index contributed by atoms with van der Waals surface area (Å²) >= 11 is 2.18. The minimum Gasteiger partial charge on any atom is -0.493 e. The molecule has 0 bridgehead atoms. The Kier molecular flexibility index (Phi) is 7.88. The number of aryl methyl sites for hydroxylation is 1. The van der Waals surface area contributed by atoms with Gasteiger partial charge in [0.15, 0.2) is 11.5 Å². The number of carbonyl (C=O) groups excluding carboxylic acids is 1. The zero-order valence-corrected chi connectivity index (χ0v) is 15.8. The minimum atomic E-state index is -0.172. The van der Waals surface area contributed by atoms with Gasteiger partial charge in [-0.25, -0.2) is 0 Å². The van der Waals surface area contributed by atoms with Crippen LogP contribution in [0.5, 0.6) is 11.5 Å². The third kappa shape index (κ3) is 6.03. The monoisotopic (exact) mass is 440 g/mol. The van der Waals surface area contributed by atoms with Crippen molar-refractivity contribution in [1.82, 2.24) is 0 Å². The summed E-state index contributed by atoms with van der Waals surface area (Å²) in [6.45, 7) is 0.936. The average molecular weight is 440 g/mol. The van der Waals surface area contributed by atoms with E-state index in [1.54, 1.807) is 7.11 Å². The third-order valence-electron chi connectivity index (χ3n) is 3.42. The summed E-state index contributed by atoms with van der Waals surface area (Å²) in [5.41, 5.74) is 2.11. The van der Waals surface area contributed by atoms with Crippen LogP contribution in [0.2, 0.25) is 0 Å². The molecule has 0 saturated carbocycles. The maximum absolute atomic E-state index is 11.6. The molecule has 0 aromatic heterocycles. The van der Waals surface area contributed by atoms with Crippen molar-refractivity contribution in [3.63, 3.8) is 0 Å². The molecule has 0 aliphatic carbocycles. The molecule has 0 spiro atoms. The lowest BCUT2D eigenvalue weighted by Gasteiger charge is -2.12. The van der Waals surface area contributed by atoms with E-state index in [0.717, 1.165) is 15.6 Å². The van der Waals surface area contributed by atoms with Crippen LogP contribution in [0.15, 0.2) is 48.5 Å². The molecule has 0 saturated heterocycles. The number of hydrogen-bond donors (Lipinski definition) is 0. The molecule has 0 amide bonds. The van der Waals surface area contributed by atoms with Crippen molar-refractivity contribution in [3.05, 3.63) is 59.7 Å². The molecule has 0 unspecified atom stereocenters. The van der Waals surface area contributed by atoms with Crippen molar-refractivity contribution in [3.8, 4) is 11.5 Å². The first-order valence-electron chi connectivity index (χ1n) is 7.78. The highest BCUT2D eigenvalue weighted by molar-refractivity contribution is 14.1. The molecule has 0 aliphatic heterocycles. The number of esters is 1. The molecule has 5 heteroatoms. The average Bonchev–Trinajstić information content (AvgIpc) is 2.63. The van der Waals surface area contributed by atoms with Gasteiger partial charge in [0.2, 0.25) is 0 Å². The fourth-order valence-electron chi connectivity index (χ4n) is 2.20. The standard InChI is InChI=1S/C19H21IO4/c1-22-17-9-7-15(8-10-19(21)23-12-11-20)13-18(17)24-14-16-5-3-2-4-6-16/h2-7,9,13H,8,10-12,14H2,1H3. The predicted molar refractivity (Wildman–Crippen MR) is 102 cm³/mol. The molecule has 0 heterocycles. The number of ether oxygens (including phenoxy) is 3. The van der Waals surface area contributed by atoms with Gasteiger partial charge < -0.3 is 14.2 Å². The third-order valence-corrected chi connectivity index (χ3v) is 3.86. The van der Waals surface area contributed by atoms with Crippen molar-refractivity contribution in [2.45, 2.75) is 19.4 Å². The largest absolute Gasteiger partial charge is 0.493 e. The zero-order valence-electron chi connectivity index (χ0n) is 13.7. The molecule has 2 aromatic carbocycles. The van der Waals surface area contributed by atoms with Crippen LogP contribution < -0.4 is 9.47 Å². The van der Waals surface area contributed by atoms with E-state index in [-0.39, 0.29) is 5.97 Å². The smallest absolute Gasteiger partial charge is 0.306 e. The van der Waals surface area contributed by atoms with Crippen LogP contribution in [0.25, 0.3) is 0 Å². The molecule has 2 aromatic rings. The highest BCUT2D eigenvalue weighted by atomic mass is 127. The second kappa shape index (κ2) is 10.2. The van der Waals surface area contributed by atoms with Crippen LogP contribution in [0.3, 0.4) is 0 Å². The molecule has 2 rings (SSSR count). The number of benzene rings is 2. The second-order valence-electron chi connectivity index (χ2n) is 5.17. The van der Waals surface area contributed by atoms with E-state index >= 15 is 0 Å². The summed E-state index contributed by atoms with van der Waals surface area (Å²) < 4.78 is 17.1. The molecule has 0 aliphatic rings. The molecular formula is C19H21IO4.